The molecular formula is C18H19F2N5O. The van der Waals surface area contributed by atoms with Gasteiger partial charge in [-0.05, 0) is 49.9 Å². The number of aliphatic hydroxyl groups excluding tert-OH is 1. The Morgan fingerprint density at radius 3 is 2.62 bits per heavy atom. The maximum atomic E-state index is 13.3. The van der Waals surface area contributed by atoms with E-state index in [1.54, 1.807) is 4.52 Å². The fourth-order valence-corrected chi connectivity index (χ4v) is 3.20. The first kappa shape index (κ1) is 16.7. The minimum absolute atomic E-state index is 0.206. The Morgan fingerprint density at radius 1 is 1.04 bits per heavy atom. The van der Waals surface area contributed by atoms with Gasteiger partial charge in [0, 0.05) is 17.8 Å². The summed E-state index contributed by atoms with van der Waals surface area (Å²) in [5, 5.41) is 20.4. The lowest BCUT2D eigenvalue weighted by Gasteiger charge is -2.26. The molecule has 1 aliphatic rings. The number of hydrogen-bond donors (Lipinski definition) is 3. The van der Waals surface area contributed by atoms with E-state index < -0.39 is 11.6 Å². The van der Waals surface area contributed by atoms with E-state index in [1.165, 1.54) is 6.07 Å². The lowest BCUT2D eigenvalue weighted by atomic mass is 9.93. The molecular weight excluding hydrogens is 340 g/mol. The molecule has 26 heavy (non-hydrogen) atoms. The van der Waals surface area contributed by atoms with Crippen LogP contribution in [0.1, 0.15) is 25.7 Å². The van der Waals surface area contributed by atoms with E-state index in [0.29, 0.717) is 17.3 Å². The van der Waals surface area contributed by atoms with Crippen molar-refractivity contribution in [1.29, 1.82) is 0 Å². The SMILES string of the molecule is O[C@H]1CC[C@@H](Nc2cccc3nc(Nc4ccc(F)c(F)c4)nn23)CC1. The first-order valence-electron chi connectivity index (χ1n) is 8.61. The van der Waals surface area contributed by atoms with E-state index in [-0.39, 0.29) is 12.1 Å². The molecule has 0 atom stereocenters. The highest BCUT2D eigenvalue weighted by atomic mass is 19.2. The van der Waals surface area contributed by atoms with Crippen LogP contribution in [0.3, 0.4) is 0 Å². The smallest absolute Gasteiger partial charge is 0.247 e. The number of pyridine rings is 1. The van der Waals surface area contributed by atoms with Gasteiger partial charge in [-0.1, -0.05) is 6.07 Å². The van der Waals surface area contributed by atoms with E-state index in [4.69, 9.17) is 0 Å². The molecule has 0 unspecified atom stereocenters. The predicted octanol–water partition coefficient (Wildman–Crippen LogP) is 3.47. The summed E-state index contributed by atoms with van der Waals surface area (Å²) >= 11 is 0. The van der Waals surface area contributed by atoms with E-state index >= 15 is 0 Å². The first-order chi connectivity index (χ1) is 12.6. The van der Waals surface area contributed by atoms with Crippen LogP contribution in [-0.2, 0) is 0 Å². The monoisotopic (exact) mass is 359 g/mol. The molecule has 6 nitrogen and oxygen atoms in total. The molecule has 0 amide bonds. The molecule has 2 aromatic heterocycles. The Balaban J connectivity index is 1.56. The third-order valence-electron chi connectivity index (χ3n) is 4.58. The van der Waals surface area contributed by atoms with Crippen LogP contribution in [0.4, 0.5) is 26.2 Å². The van der Waals surface area contributed by atoms with Gasteiger partial charge in [-0.25, -0.2) is 8.78 Å². The molecule has 1 saturated carbocycles. The second-order valence-corrected chi connectivity index (χ2v) is 6.52. The minimum atomic E-state index is -0.930. The fourth-order valence-electron chi connectivity index (χ4n) is 3.20. The van der Waals surface area contributed by atoms with Crippen molar-refractivity contribution in [3.8, 4) is 0 Å². The molecule has 0 bridgehead atoms. The van der Waals surface area contributed by atoms with Gasteiger partial charge in [-0.15, -0.1) is 5.10 Å². The van der Waals surface area contributed by atoms with Gasteiger partial charge < -0.3 is 15.7 Å². The number of aromatic nitrogens is 3. The average molecular weight is 359 g/mol. The molecule has 8 heteroatoms. The van der Waals surface area contributed by atoms with Crippen LogP contribution in [0.15, 0.2) is 36.4 Å². The van der Waals surface area contributed by atoms with Crippen molar-refractivity contribution in [2.45, 2.75) is 37.8 Å². The van der Waals surface area contributed by atoms with Crippen molar-refractivity contribution >= 4 is 23.1 Å². The highest BCUT2D eigenvalue weighted by Crippen LogP contribution is 2.23. The van der Waals surface area contributed by atoms with Gasteiger partial charge in [0.1, 0.15) is 5.82 Å². The van der Waals surface area contributed by atoms with Crippen LogP contribution in [0.2, 0.25) is 0 Å². The molecule has 0 saturated heterocycles. The molecule has 1 fully saturated rings. The maximum Gasteiger partial charge on any atom is 0.247 e. The highest BCUT2D eigenvalue weighted by Gasteiger charge is 2.20. The van der Waals surface area contributed by atoms with E-state index in [2.05, 4.69) is 20.7 Å². The molecule has 1 aromatic carbocycles. The van der Waals surface area contributed by atoms with Gasteiger partial charge in [0.15, 0.2) is 17.3 Å². The summed E-state index contributed by atoms with van der Waals surface area (Å²) in [4.78, 5) is 4.37. The van der Waals surface area contributed by atoms with E-state index in [9.17, 15) is 13.9 Å². The number of nitrogens with zero attached hydrogens (tertiary/aromatic N) is 3. The summed E-state index contributed by atoms with van der Waals surface area (Å²) in [7, 11) is 0. The molecule has 4 rings (SSSR count). The molecule has 3 N–H and O–H groups in total. The second kappa shape index (κ2) is 6.87. The van der Waals surface area contributed by atoms with Gasteiger partial charge in [0.05, 0.1) is 6.10 Å². The van der Waals surface area contributed by atoms with Gasteiger partial charge in [-0.2, -0.15) is 9.50 Å². The highest BCUT2D eigenvalue weighted by molar-refractivity contribution is 5.58. The normalized spacial score (nSPS) is 20.3. The molecule has 3 aromatic rings. The number of aliphatic hydroxyl groups is 1. The largest absolute Gasteiger partial charge is 0.393 e. The predicted molar refractivity (Wildman–Crippen MR) is 94.5 cm³/mol. The maximum absolute atomic E-state index is 13.3. The summed E-state index contributed by atoms with van der Waals surface area (Å²) in [6.07, 6.45) is 3.16. The number of halogens is 2. The van der Waals surface area contributed by atoms with Crippen molar-refractivity contribution in [1.82, 2.24) is 14.6 Å². The number of anilines is 3. The summed E-state index contributed by atoms with van der Waals surface area (Å²) in [5.74, 6) is -0.734. The van der Waals surface area contributed by atoms with Crippen LogP contribution >= 0.6 is 0 Å². The summed E-state index contributed by atoms with van der Waals surface area (Å²) in [5.41, 5.74) is 1.01. The number of nitrogens with one attached hydrogen (secondary N) is 2. The van der Waals surface area contributed by atoms with Gasteiger partial charge >= 0.3 is 0 Å². The van der Waals surface area contributed by atoms with Crippen molar-refractivity contribution in [2.75, 3.05) is 10.6 Å². The zero-order valence-corrected chi connectivity index (χ0v) is 14.0. The lowest BCUT2D eigenvalue weighted by Crippen LogP contribution is -2.29. The number of rotatable bonds is 4. The minimum Gasteiger partial charge on any atom is -0.393 e. The Morgan fingerprint density at radius 2 is 1.85 bits per heavy atom. The zero-order chi connectivity index (χ0) is 18.1. The van der Waals surface area contributed by atoms with Crippen LogP contribution in [0, 0.1) is 11.6 Å². The number of benzene rings is 1. The number of hydrogen-bond acceptors (Lipinski definition) is 5. The molecule has 136 valence electrons. The van der Waals surface area contributed by atoms with E-state index in [1.807, 2.05) is 18.2 Å². The standard InChI is InChI=1S/C18H19F2N5O/c19-14-9-6-12(10-15(14)20)22-18-23-17-3-1-2-16(25(17)24-18)21-11-4-7-13(26)8-5-11/h1-3,6,9-11,13,21,26H,4-5,7-8H2,(H,22,24)/t11-,13+. The lowest BCUT2D eigenvalue weighted by molar-refractivity contribution is 0.126. The Kier molecular flexibility index (Phi) is 4.42. The van der Waals surface area contributed by atoms with Crippen LogP contribution in [0.5, 0.6) is 0 Å². The quantitative estimate of drug-likeness (QED) is 0.665. The third-order valence-corrected chi connectivity index (χ3v) is 4.58. The summed E-state index contributed by atoms with van der Waals surface area (Å²) in [6.45, 7) is 0. The van der Waals surface area contributed by atoms with Crippen LogP contribution in [0.25, 0.3) is 5.65 Å². The second-order valence-electron chi connectivity index (χ2n) is 6.52. The van der Waals surface area contributed by atoms with Gasteiger partial charge in [0.25, 0.3) is 0 Å². The van der Waals surface area contributed by atoms with Gasteiger partial charge in [0.2, 0.25) is 5.95 Å². The summed E-state index contributed by atoms with van der Waals surface area (Å²) in [6, 6.07) is 9.43. The zero-order valence-electron chi connectivity index (χ0n) is 14.0. The molecule has 2 heterocycles. The third kappa shape index (κ3) is 3.45. The van der Waals surface area contributed by atoms with E-state index in [0.717, 1.165) is 43.6 Å². The molecule has 0 spiro atoms. The average Bonchev–Trinajstić information content (AvgIpc) is 3.04. The van der Waals surface area contributed by atoms with Gasteiger partial charge in [-0.3, -0.25) is 0 Å². The Hall–Kier alpha value is -2.74. The Bertz CT molecular complexity index is 921. The van der Waals surface area contributed by atoms with Crippen LogP contribution in [-0.4, -0.2) is 31.9 Å². The topological polar surface area (TPSA) is 74.5 Å². The first-order valence-corrected chi connectivity index (χ1v) is 8.61. The van der Waals surface area contributed by atoms with Crippen molar-refractivity contribution in [3.63, 3.8) is 0 Å². The summed E-state index contributed by atoms with van der Waals surface area (Å²) < 4.78 is 28.1. The van der Waals surface area contributed by atoms with Crippen LogP contribution < -0.4 is 10.6 Å². The fraction of sp³-hybridized carbons (Fsp3) is 0.333. The van der Waals surface area contributed by atoms with Crippen molar-refractivity contribution < 1.29 is 13.9 Å². The Labute approximate surface area is 148 Å². The van der Waals surface area contributed by atoms with Crippen molar-refractivity contribution in [3.05, 3.63) is 48.0 Å². The molecule has 0 aliphatic heterocycles. The van der Waals surface area contributed by atoms with Crippen molar-refractivity contribution in [2.24, 2.45) is 0 Å². The molecule has 0 radical (unpaired) electrons. The molecule has 1 aliphatic carbocycles. The number of fused-ring (bicyclic) bond motifs is 1.